The molecule has 4 unspecified atom stereocenters. The molecular weight excluding hydrogens is 518 g/mol. The average Bonchev–Trinajstić information content (AvgIpc) is 3.53. The van der Waals surface area contributed by atoms with Gasteiger partial charge in [0.25, 0.3) is 0 Å². The highest BCUT2D eigenvalue weighted by atomic mass is 32.1. The topological polar surface area (TPSA) is 110 Å². The molecule has 1 fully saturated rings. The number of aromatic hydroxyl groups is 1. The summed E-state index contributed by atoms with van der Waals surface area (Å²) < 4.78 is 10.9. The zero-order valence-corrected chi connectivity index (χ0v) is 22.5. The summed E-state index contributed by atoms with van der Waals surface area (Å²) in [6.07, 6.45) is 3.77. The predicted molar refractivity (Wildman–Crippen MR) is 142 cm³/mol. The number of amides is 2. The molecule has 2 aromatic rings. The minimum Gasteiger partial charge on any atom is -0.507 e. The van der Waals surface area contributed by atoms with Crippen molar-refractivity contribution in [3.63, 3.8) is 0 Å². The minimum atomic E-state index is -0.810. The summed E-state index contributed by atoms with van der Waals surface area (Å²) >= 11 is 1.48. The largest absolute Gasteiger partial charge is 0.507 e. The van der Waals surface area contributed by atoms with Crippen molar-refractivity contribution in [2.45, 2.75) is 32.2 Å². The van der Waals surface area contributed by atoms with Gasteiger partial charge in [-0.1, -0.05) is 17.7 Å². The van der Waals surface area contributed by atoms with Crippen LogP contribution in [0.1, 0.15) is 36.1 Å². The number of ether oxygens (including phenoxy) is 2. The van der Waals surface area contributed by atoms with E-state index in [1.54, 1.807) is 13.0 Å². The quantitative estimate of drug-likeness (QED) is 0.342. The molecule has 4 atom stereocenters. The van der Waals surface area contributed by atoms with E-state index in [4.69, 9.17) is 9.47 Å². The number of carbonyl (C=O) groups is 4. The number of nitrogens with zero attached hydrogens (tertiary/aromatic N) is 1. The van der Waals surface area contributed by atoms with Crippen LogP contribution in [0.3, 0.4) is 0 Å². The van der Waals surface area contributed by atoms with Gasteiger partial charge in [-0.2, -0.15) is 0 Å². The van der Waals surface area contributed by atoms with Gasteiger partial charge in [0.1, 0.15) is 17.2 Å². The Balaban J connectivity index is 1.51. The molecule has 2 amide bonds. The number of carbonyl (C=O) groups excluding carboxylic acids is 4. The maximum atomic E-state index is 13.8. The summed E-state index contributed by atoms with van der Waals surface area (Å²) in [6.45, 7) is 1.82. The molecule has 1 saturated heterocycles. The van der Waals surface area contributed by atoms with E-state index in [1.165, 1.54) is 42.6 Å². The van der Waals surface area contributed by atoms with Gasteiger partial charge >= 0.3 is 0 Å². The number of fused-ring (bicyclic) bond motifs is 3. The van der Waals surface area contributed by atoms with Crippen molar-refractivity contribution >= 4 is 34.7 Å². The molecule has 1 aliphatic heterocycles. The Morgan fingerprint density at radius 2 is 1.87 bits per heavy atom. The second-order valence-corrected chi connectivity index (χ2v) is 11.4. The number of benzene rings is 1. The molecule has 0 saturated carbocycles. The van der Waals surface area contributed by atoms with Crippen LogP contribution in [0.2, 0.25) is 0 Å². The summed E-state index contributed by atoms with van der Waals surface area (Å²) in [5, 5.41) is 13.1. The Bertz CT molecular complexity index is 1530. The standard InChI is InChI=1S/C30H27NO7S/c1-14-9-21(32)20-12-19-17(6-7-18-24(19)30(36)31(29(18)35)13-16-5-4-8-39-16)25(26(20)28(14)34)27-22(33)10-15(37-2)11-23(27)38-3/h4-6,8-11,18-19,24-25,33H,7,12-13H2,1-3H3. The number of methoxy groups -OCH3 is 2. The molecule has 0 radical (unpaired) electrons. The number of allylic oxidation sites excluding steroid dienone is 6. The molecule has 6 rings (SSSR count). The molecule has 9 heteroatoms. The van der Waals surface area contributed by atoms with E-state index in [2.05, 4.69) is 0 Å². The first-order valence-electron chi connectivity index (χ1n) is 12.8. The van der Waals surface area contributed by atoms with Crippen LogP contribution in [0.15, 0.2) is 64.1 Å². The number of phenolic OH excluding ortho intramolecular Hbond substituents is 1. The molecule has 1 aromatic carbocycles. The molecule has 2 heterocycles. The maximum absolute atomic E-state index is 13.8. The highest BCUT2D eigenvalue weighted by Gasteiger charge is 2.56. The first-order valence-corrected chi connectivity index (χ1v) is 13.7. The molecule has 3 aliphatic carbocycles. The normalized spacial score (nSPS) is 26.2. The summed E-state index contributed by atoms with van der Waals surface area (Å²) in [5.74, 6) is -2.99. The van der Waals surface area contributed by atoms with Gasteiger partial charge in [-0.05, 0) is 43.2 Å². The summed E-state index contributed by atoms with van der Waals surface area (Å²) in [6, 6.07) is 6.84. The second-order valence-electron chi connectivity index (χ2n) is 10.3. The molecule has 39 heavy (non-hydrogen) atoms. The van der Waals surface area contributed by atoms with Crippen LogP contribution in [-0.2, 0) is 25.7 Å². The van der Waals surface area contributed by atoms with Gasteiger partial charge < -0.3 is 14.6 Å². The fourth-order valence-corrected chi connectivity index (χ4v) is 7.33. The van der Waals surface area contributed by atoms with Crippen LogP contribution in [0.25, 0.3) is 0 Å². The first kappa shape index (κ1) is 25.3. The Kier molecular flexibility index (Phi) is 6.06. The van der Waals surface area contributed by atoms with E-state index in [9.17, 15) is 24.3 Å². The van der Waals surface area contributed by atoms with Crippen molar-refractivity contribution in [1.29, 1.82) is 0 Å². The number of hydrogen-bond donors (Lipinski definition) is 1. The third-order valence-electron chi connectivity index (χ3n) is 8.39. The van der Waals surface area contributed by atoms with Crippen LogP contribution in [0, 0.1) is 17.8 Å². The van der Waals surface area contributed by atoms with Gasteiger partial charge in [-0.15, -0.1) is 11.3 Å². The molecule has 4 aliphatic rings. The fraction of sp³-hybridized carbons (Fsp3) is 0.333. The Labute approximate surface area is 229 Å². The Morgan fingerprint density at radius 1 is 1.08 bits per heavy atom. The van der Waals surface area contributed by atoms with Crippen LogP contribution < -0.4 is 9.47 Å². The molecule has 8 nitrogen and oxygen atoms in total. The van der Waals surface area contributed by atoms with E-state index in [1.807, 2.05) is 23.6 Å². The van der Waals surface area contributed by atoms with Crippen molar-refractivity contribution in [2.24, 2.45) is 17.8 Å². The Hall–Kier alpha value is -3.98. The smallest absolute Gasteiger partial charge is 0.234 e. The lowest BCUT2D eigenvalue weighted by molar-refractivity contribution is -0.140. The van der Waals surface area contributed by atoms with Crippen molar-refractivity contribution in [3.8, 4) is 17.2 Å². The lowest BCUT2D eigenvalue weighted by Crippen LogP contribution is -2.39. The van der Waals surface area contributed by atoms with Gasteiger partial charge in [0.2, 0.25) is 11.8 Å². The summed E-state index contributed by atoms with van der Waals surface area (Å²) in [7, 11) is 2.93. The summed E-state index contributed by atoms with van der Waals surface area (Å²) in [4.78, 5) is 56.4. The maximum Gasteiger partial charge on any atom is 0.234 e. The number of Topliss-reactive ketones (excluding diaryl/α,β-unsaturated/α-hetero) is 1. The molecule has 1 N–H and O–H groups in total. The van der Waals surface area contributed by atoms with Crippen LogP contribution in [0.4, 0.5) is 0 Å². The monoisotopic (exact) mass is 545 g/mol. The van der Waals surface area contributed by atoms with Gasteiger partial charge in [0.05, 0.1) is 32.6 Å². The number of hydrogen-bond acceptors (Lipinski definition) is 8. The first-order chi connectivity index (χ1) is 18.7. The van der Waals surface area contributed by atoms with E-state index < -0.39 is 23.7 Å². The fourth-order valence-electron chi connectivity index (χ4n) is 6.64. The number of likely N-dealkylation sites (tertiary alicyclic amines) is 1. The number of rotatable bonds is 5. The summed E-state index contributed by atoms with van der Waals surface area (Å²) in [5.41, 5.74) is 2.03. The molecular formula is C30H27NO7S. The van der Waals surface area contributed by atoms with Gasteiger partial charge in [0, 0.05) is 45.2 Å². The highest BCUT2D eigenvalue weighted by molar-refractivity contribution is 7.09. The predicted octanol–water partition coefficient (Wildman–Crippen LogP) is 4.10. The lowest BCUT2D eigenvalue weighted by atomic mass is 9.59. The third kappa shape index (κ3) is 3.78. The SMILES string of the molecule is COc1cc(O)c(C2C3=CCC4C(=O)N(Cc5cccs5)C(=O)C4C3CC3=C2C(=O)C(C)=CC3=O)c(OC)c1. The molecule has 200 valence electrons. The van der Waals surface area contributed by atoms with Crippen molar-refractivity contribution < 1.29 is 33.8 Å². The third-order valence-corrected chi connectivity index (χ3v) is 9.25. The highest BCUT2D eigenvalue weighted by Crippen LogP contribution is 2.58. The molecule has 0 spiro atoms. The number of ketones is 2. The minimum absolute atomic E-state index is 0.146. The van der Waals surface area contributed by atoms with Crippen molar-refractivity contribution in [2.75, 3.05) is 14.2 Å². The van der Waals surface area contributed by atoms with Crippen molar-refractivity contribution in [1.82, 2.24) is 4.90 Å². The van der Waals surface area contributed by atoms with Crippen LogP contribution in [0.5, 0.6) is 17.2 Å². The van der Waals surface area contributed by atoms with Crippen LogP contribution >= 0.6 is 11.3 Å². The average molecular weight is 546 g/mol. The van der Waals surface area contributed by atoms with Gasteiger partial charge in [-0.3, -0.25) is 24.1 Å². The van der Waals surface area contributed by atoms with E-state index in [0.717, 1.165) is 10.5 Å². The number of thiophene rings is 1. The zero-order valence-electron chi connectivity index (χ0n) is 21.7. The second kappa shape index (κ2) is 9.34. The van der Waals surface area contributed by atoms with Gasteiger partial charge in [-0.25, -0.2) is 0 Å². The molecule has 0 bridgehead atoms. The van der Waals surface area contributed by atoms with E-state index in [0.29, 0.717) is 40.2 Å². The Morgan fingerprint density at radius 3 is 2.56 bits per heavy atom. The van der Waals surface area contributed by atoms with E-state index in [-0.39, 0.29) is 42.1 Å². The lowest BCUT2D eigenvalue weighted by Gasteiger charge is -2.42. The molecule has 1 aromatic heterocycles. The van der Waals surface area contributed by atoms with Crippen molar-refractivity contribution in [3.05, 3.63) is 74.5 Å². The van der Waals surface area contributed by atoms with Gasteiger partial charge in [0.15, 0.2) is 11.6 Å². The number of imide groups is 1. The number of phenols is 1. The van der Waals surface area contributed by atoms with Crippen LogP contribution in [-0.4, -0.2) is 47.6 Å². The zero-order chi connectivity index (χ0) is 27.6. The van der Waals surface area contributed by atoms with E-state index >= 15 is 0 Å².